The third kappa shape index (κ3) is 7.36. The van der Waals surface area contributed by atoms with Crippen molar-refractivity contribution < 1.29 is 19.4 Å². The summed E-state index contributed by atoms with van der Waals surface area (Å²) in [7, 11) is 1.62. The van der Waals surface area contributed by atoms with Crippen molar-refractivity contribution in [3.63, 3.8) is 0 Å². The summed E-state index contributed by atoms with van der Waals surface area (Å²) in [5, 5.41) is 11.6. The predicted octanol–water partition coefficient (Wildman–Crippen LogP) is 2.94. The molecule has 0 heterocycles. The molecule has 0 unspecified atom stereocenters. The molecule has 0 aliphatic carbocycles. The van der Waals surface area contributed by atoms with Crippen LogP contribution in [0.5, 0.6) is 5.75 Å². The molecule has 0 saturated heterocycles. The number of amides is 1. The Morgan fingerprint density at radius 3 is 2.41 bits per heavy atom. The maximum Gasteiger partial charge on any atom is 0.303 e. The average Bonchev–Trinajstić information content (AvgIpc) is 2.45. The second-order valence-corrected chi connectivity index (χ2v) is 6.77. The molecule has 0 spiro atoms. The van der Waals surface area contributed by atoms with Gasteiger partial charge in [-0.3, -0.25) is 9.59 Å². The molecule has 1 aromatic rings. The Labute approximate surface area is 135 Å². The van der Waals surface area contributed by atoms with E-state index < -0.39 is 11.5 Å². The smallest absolute Gasteiger partial charge is 0.303 e. The van der Waals surface area contributed by atoms with E-state index in [0.717, 1.165) is 10.6 Å². The highest BCUT2D eigenvalue weighted by atomic mass is 32.2. The Morgan fingerprint density at radius 1 is 1.23 bits per heavy atom. The lowest BCUT2D eigenvalue weighted by Gasteiger charge is -2.25. The van der Waals surface area contributed by atoms with Gasteiger partial charge in [0, 0.05) is 29.0 Å². The lowest BCUT2D eigenvalue weighted by molar-refractivity contribution is -0.137. The van der Waals surface area contributed by atoms with Crippen LogP contribution in [-0.4, -0.2) is 35.4 Å². The number of thioether (sulfide) groups is 1. The summed E-state index contributed by atoms with van der Waals surface area (Å²) in [4.78, 5) is 23.6. The van der Waals surface area contributed by atoms with Crippen LogP contribution >= 0.6 is 11.8 Å². The molecule has 122 valence electrons. The molecule has 1 rings (SSSR count). The molecule has 0 aliphatic rings. The monoisotopic (exact) mass is 325 g/mol. The highest BCUT2D eigenvalue weighted by Gasteiger charge is 2.21. The Balaban J connectivity index is 2.31. The maximum absolute atomic E-state index is 11.9. The zero-order valence-corrected chi connectivity index (χ0v) is 14.0. The molecule has 5 nitrogen and oxygen atoms in total. The van der Waals surface area contributed by atoms with E-state index in [-0.39, 0.29) is 12.3 Å². The lowest BCUT2D eigenvalue weighted by Crippen LogP contribution is -2.43. The van der Waals surface area contributed by atoms with Crippen LogP contribution < -0.4 is 10.1 Å². The summed E-state index contributed by atoms with van der Waals surface area (Å²) < 4.78 is 5.09. The first-order valence-corrected chi connectivity index (χ1v) is 8.10. The number of carboxylic acids is 1. The quantitative estimate of drug-likeness (QED) is 0.683. The third-order valence-corrected chi connectivity index (χ3v) is 4.11. The van der Waals surface area contributed by atoms with E-state index in [1.807, 2.05) is 38.1 Å². The molecule has 22 heavy (non-hydrogen) atoms. The molecule has 2 N–H and O–H groups in total. The van der Waals surface area contributed by atoms with Crippen LogP contribution in [0.25, 0.3) is 0 Å². The van der Waals surface area contributed by atoms with Crippen molar-refractivity contribution in [2.75, 3.05) is 12.9 Å². The molecular weight excluding hydrogens is 302 g/mol. The number of carbonyl (C=O) groups is 2. The summed E-state index contributed by atoms with van der Waals surface area (Å²) in [5.41, 5.74) is -0.500. The molecule has 0 saturated carbocycles. The summed E-state index contributed by atoms with van der Waals surface area (Å²) >= 11 is 1.60. The first-order chi connectivity index (χ1) is 10.3. The van der Waals surface area contributed by atoms with Gasteiger partial charge in [0.25, 0.3) is 0 Å². The van der Waals surface area contributed by atoms with Crippen molar-refractivity contribution in [2.24, 2.45) is 0 Å². The van der Waals surface area contributed by atoms with E-state index >= 15 is 0 Å². The van der Waals surface area contributed by atoms with Crippen molar-refractivity contribution in [1.82, 2.24) is 5.32 Å². The van der Waals surface area contributed by atoms with Crippen molar-refractivity contribution in [2.45, 2.75) is 43.5 Å². The number of benzene rings is 1. The van der Waals surface area contributed by atoms with Gasteiger partial charge in [-0.25, -0.2) is 0 Å². The molecule has 0 bridgehead atoms. The number of methoxy groups -OCH3 is 1. The van der Waals surface area contributed by atoms with E-state index in [1.165, 1.54) is 0 Å². The molecule has 1 aromatic carbocycles. The largest absolute Gasteiger partial charge is 0.497 e. The van der Waals surface area contributed by atoms with Gasteiger partial charge in [0.1, 0.15) is 5.75 Å². The highest BCUT2D eigenvalue weighted by molar-refractivity contribution is 7.99. The normalized spacial score (nSPS) is 11.0. The van der Waals surface area contributed by atoms with Gasteiger partial charge >= 0.3 is 5.97 Å². The fraction of sp³-hybridized carbons (Fsp3) is 0.500. The van der Waals surface area contributed by atoms with Gasteiger partial charge < -0.3 is 15.2 Å². The molecular formula is C16H23NO4S. The Bertz CT molecular complexity index is 499. The van der Waals surface area contributed by atoms with Crippen LogP contribution in [0, 0.1) is 0 Å². The van der Waals surface area contributed by atoms with Crippen molar-refractivity contribution in [3.05, 3.63) is 24.3 Å². The highest BCUT2D eigenvalue weighted by Crippen LogP contribution is 2.22. The van der Waals surface area contributed by atoms with Gasteiger partial charge in [0.15, 0.2) is 0 Å². The predicted molar refractivity (Wildman–Crippen MR) is 87.4 cm³/mol. The topological polar surface area (TPSA) is 75.6 Å². The number of aliphatic carboxylic acids is 1. The van der Waals surface area contributed by atoms with Gasteiger partial charge in [-0.1, -0.05) is 0 Å². The van der Waals surface area contributed by atoms with Crippen LogP contribution in [0.15, 0.2) is 29.2 Å². The molecule has 0 aliphatic heterocycles. The van der Waals surface area contributed by atoms with Gasteiger partial charge in [-0.05, 0) is 44.5 Å². The zero-order chi connectivity index (χ0) is 16.6. The van der Waals surface area contributed by atoms with Gasteiger partial charge in [-0.2, -0.15) is 0 Å². The minimum atomic E-state index is -0.850. The van der Waals surface area contributed by atoms with E-state index in [2.05, 4.69) is 5.32 Å². The van der Waals surface area contributed by atoms with Crippen LogP contribution in [0.1, 0.15) is 33.1 Å². The zero-order valence-electron chi connectivity index (χ0n) is 13.2. The van der Waals surface area contributed by atoms with E-state index in [1.54, 1.807) is 18.9 Å². The van der Waals surface area contributed by atoms with Gasteiger partial charge in [-0.15, -0.1) is 11.8 Å². The summed E-state index contributed by atoms with van der Waals surface area (Å²) in [6, 6.07) is 7.69. The number of carboxylic acid groups (broad SMARTS) is 1. The first-order valence-electron chi connectivity index (χ1n) is 7.12. The lowest BCUT2D eigenvalue weighted by atomic mass is 9.98. The van der Waals surface area contributed by atoms with Crippen LogP contribution in [0.3, 0.4) is 0 Å². The summed E-state index contributed by atoms with van der Waals surface area (Å²) in [6.45, 7) is 3.68. The van der Waals surface area contributed by atoms with E-state index in [0.29, 0.717) is 18.6 Å². The number of ether oxygens (including phenoxy) is 1. The maximum atomic E-state index is 11.9. The minimum absolute atomic E-state index is 0.0495. The summed E-state index contributed by atoms with van der Waals surface area (Å²) in [5.74, 6) is 0.573. The Kier molecular flexibility index (Phi) is 7.24. The standard InChI is InChI=1S/C16H23NO4S/c1-16(2,10-8-15(19)20)17-14(18)9-11-22-13-6-4-12(21-3)5-7-13/h4-7H,8-11H2,1-3H3,(H,17,18)(H,19,20). The molecule has 6 heteroatoms. The number of nitrogens with one attached hydrogen (secondary N) is 1. The van der Waals surface area contributed by atoms with Crippen molar-refractivity contribution in [1.29, 1.82) is 0 Å². The third-order valence-electron chi connectivity index (χ3n) is 3.10. The van der Waals surface area contributed by atoms with Crippen LogP contribution in [0.2, 0.25) is 0 Å². The Morgan fingerprint density at radius 2 is 1.86 bits per heavy atom. The second-order valence-electron chi connectivity index (χ2n) is 5.60. The SMILES string of the molecule is COc1ccc(SCCC(=O)NC(C)(C)CCC(=O)O)cc1. The van der Waals surface area contributed by atoms with Crippen LogP contribution in [-0.2, 0) is 9.59 Å². The number of hydrogen-bond acceptors (Lipinski definition) is 4. The van der Waals surface area contributed by atoms with E-state index in [9.17, 15) is 9.59 Å². The summed E-state index contributed by atoms with van der Waals surface area (Å²) in [6.07, 6.45) is 0.862. The van der Waals surface area contributed by atoms with Gasteiger partial charge in [0.05, 0.1) is 7.11 Å². The number of rotatable bonds is 9. The van der Waals surface area contributed by atoms with Crippen LogP contribution in [0.4, 0.5) is 0 Å². The first kappa shape index (κ1) is 18.4. The fourth-order valence-electron chi connectivity index (χ4n) is 1.86. The minimum Gasteiger partial charge on any atom is -0.497 e. The molecule has 0 radical (unpaired) electrons. The fourth-order valence-corrected chi connectivity index (χ4v) is 2.71. The number of hydrogen-bond donors (Lipinski definition) is 2. The Hall–Kier alpha value is -1.69. The second kappa shape index (κ2) is 8.68. The molecule has 0 atom stereocenters. The molecule has 0 aromatic heterocycles. The number of carbonyl (C=O) groups excluding carboxylic acids is 1. The van der Waals surface area contributed by atoms with Crippen molar-refractivity contribution in [3.8, 4) is 5.75 Å². The molecule has 1 amide bonds. The van der Waals surface area contributed by atoms with Gasteiger partial charge in [0.2, 0.25) is 5.91 Å². The van der Waals surface area contributed by atoms with Crippen molar-refractivity contribution >= 4 is 23.6 Å². The molecule has 0 fully saturated rings. The average molecular weight is 325 g/mol. The van der Waals surface area contributed by atoms with E-state index in [4.69, 9.17) is 9.84 Å².